The molecule has 0 aromatic carbocycles. The monoisotopic (exact) mass is 411 g/mol. The van der Waals surface area contributed by atoms with Crippen molar-refractivity contribution < 1.29 is 18.0 Å². The van der Waals surface area contributed by atoms with Crippen molar-refractivity contribution in [3.05, 3.63) is 50.5 Å². The Morgan fingerprint density at radius 1 is 1.32 bits per heavy atom. The Bertz CT molecular complexity index is 1090. The molecule has 0 unspecified atom stereocenters. The molecule has 7 nitrogen and oxygen atoms in total. The van der Waals surface area contributed by atoms with Crippen molar-refractivity contribution in [1.29, 1.82) is 0 Å². The smallest absolute Gasteiger partial charge is 0.309 e. The number of nitrogens with one attached hydrogen (secondary N) is 2. The first kappa shape index (κ1) is 20.0. The van der Waals surface area contributed by atoms with Crippen LogP contribution in [0.25, 0.3) is 10.2 Å². The molecule has 148 valence electrons. The Hall–Kier alpha value is -2.79. The van der Waals surface area contributed by atoms with Gasteiger partial charge >= 0.3 is 6.18 Å². The summed E-state index contributed by atoms with van der Waals surface area (Å²) in [6, 6.07) is 1.91. The molecule has 2 N–H and O–H groups in total. The van der Waals surface area contributed by atoms with Crippen molar-refractivity contribution in [2.75, 3.05) is 19.4 Å². The zero-order chi connectivity index (χ0) is 20.6. The molecule has 3 aromatic rings. The van der Waals surface area contributed by atoms with E-state index in [1.54, 1.807) is 6.92 Å². The number of carbonyl (C=O) groups is 1. The van der Waals surface area contributed by atoms with E-state index in [0.29, 0.717) is 34.3 Å². The first-order valence-corrected chi connectivity index (χ1v) is 8.89. The van der Waals surface area contributed by atoms with Crippen molar-refractivity contribution in [2.45, 2.75) is 19.6 Å². The Labute approximate surface area is 161 Å². The van der Waals surface area contributed by atoms with Gasteiger partial charge in [0.2, 0.25) is 0 Å². The number of aryl methyl sites for hydroxylation is 1. The summed E-state index contributed by atoms with van der Waals surface area (Å²) in [6.45, 7) is 2.05. The maximum absolute atomic E-state index is 12.6. The number of hydrogen-bond donors (Lipinski definition) is 2. The maximum Gasteiger partial charge on any atom is 0.417 e. The fourth-order valence-corrected chi connectivity index (χ4v) is 3.68. The van der Waals surface area contributed by atoms with Crippen LogP contribution in [0.2, 0.25) is 0 Å². The highest BCUT2D eigenvalue weighted by Crippen LogP contribution is 2.30. The minimum Gasteiger partial charge on any atom is -0.309 e. The molecule has 0 bridgehead atoms. The SMILES string of the molecule is Cc1c(C(=O)Nc2ccc(C(F)(F)F)cn2)sc2nc(CN(C)C)[nH]c(=O)c12. The molecule has 28 heavy (non-hydrogen) atoms. The molecule has 11 heteroatoms. The summed E-state index contributed by atoms with van der Waals surface area (Å²) in [7, 11) is 3.67. The van der Waals surface area contributed by atoms with E-state index in [-0.39, 0.29) is 16.3 Å². The Kier molecular flexibility index (Phi) is 5.22. The molecule has 3 heterocycles. The van der Waals surface area contributed by atoms with Crippen LogP contribution in [0, 0.1) is 6.92 Å². The van der Waals surface area contributed by atoms with E-state index in [2.05, 4.69) is 20.3 Å². The number of nitrogens with zero attached hydrogens (tertiary/aromatic N) is 3. The first-order chi connectivity index (χ1) is 13.1. The predicted molar refractivity (Wildman–Crippen MR) is 99.6 cm³/mol. The topological polar surface area (TPSA) is 91.0 Å². The van der Waals surface area contributed by atoms with Gasteiger partial charge in [0.1, 0.15) is 16.5 Å². The van der Waals surface area contributed by atoms with Crippen molar-refractivity contribution >= 4 is 33.3 Å². The first-order valence-electron chi connectivity index (χ1n) is 8.08. The number of carbonyl (C=O) groups excluding carboxylic acids is 1. The van der Waals surface area contributed by atoms with Crippen LogP contribution in [0.4, 0.5) is 19.0 Å². The zero-order valence-corrected chi connectivity index (χ0v) is 16.0. The van der Waals surface area contributed by atoms with Gasteiger partial charge in [-0.05, 0) is 38.7 Å². The Balaban J connectivity index is 1.90. The van der Waals surface area contributed by atoms with E-state index in [0.717, 1.165) is 23.5 Å². The average molecular weight is 411 g/mol. The van der Waals surface area contributed by atoms with Gasteiger partial charge in [0.15, 0.2) is 0 Å². The minimum absolute atomic E-state index is 0.0231. The van der Waals surface area contributed by atoms with Gasteiger partial charge in [-0.15, -0.1) is 11.3 Å². The average Bonchev–Trinajstić information content (AvgIpc) is 2.91. The molecule has 3 rings (SSSR count). The van der Waals surface area contributed by atoms with Crippen LogP contribution in [0.3, 0.4) is 0 Å². The fourth-order valence-electron chi connectivity index (χ4n) is 2.59. The number of pyridine rings is 1. The van der Waals surface area contributed by atoms with Gasteiger partial charge in [-0.3, -0.25) is 9.59 Å². The number of halogens is 3. The molecular formula is C17H16F3N5O2S. The third-order valence-corrected chi connectivity index (χ3v) is 5.04. The fraction of sp³-hybridized carbons (Fsp3) is 0.294. The number of amides is 1. The summed E-state index contributed by atoms with van der Waals surface area (Å²) in [5.74, 6) is -0.119. The lowest BCUT2D eigenvalue weighted by atomic mass is 10.2. The highest BCUT2D eigenvalue weighted by atomic mass is 32.1. The number of aromatic amines is 1. The number of H-pyrrole nitrogens is 1. The lowest BCUT2D eigenvalue weighted by molar-refractivity contribution is -0.137. The highest BCUT2D eigenvalue weighted by molar-refractivity contribution is 7.20. The van der Waals surface area contributed by atoms with Gasteiger partial charge in [-0.1, -0.05) is 0 Å². The second-order valence-electron chi connectivity index (χ2n) is 6.37. The molecule has 0 spiro atoms. The van der Waals surface area contributed by atoms with Crippen LogP contribution in [-0.4, -0.2) is 39.9 Å². The van der Waals surface area contributed by atoms with Crippen LogP contribution in [-0.2, 0) is 12.7 Å². The van der Waals surface area contributed by atoms with Crippen LogP contribution in [0.5, 0.6) is 0 Å². The number of rotatable bonds is 4. The molecule has 0 radical (unpaired) electrons. The molecule has 0 aliphatic heterocycles. The summed E-state index contributed by atoms with van der Waals surface area (Å²) in [5.41, 5.74) is -0.801. The van der Waals surface area contributed by atoms with Gasteiger partial charge in [0.25, 0.3) is 11.5 Å². The quantitative estimate of drug-likeness (QED) is 0.689. The molecule has 0 aliphatic rings. The minimum atomic E-state index is -4.51. The van der Waals surface area contributed by atoms with Crippen LogP contribution in [0.15, 0.2) is 23.1 Å². The Morgan fingerprint density at radius 3 is 2.61 bits per heavy atom. The number of alkyl halides is 3. The maximum atomic E-state index is 12.6. The normalized spacial score (nSPS) is 12.0. The number of anilines is 1. The zero-order valence-electron chi connectivity index (χ0n) is 15.1. The van der Waals surface area contributed by atoms with E-state index >= 15 is 0 Å². The van der Waals surface area contributed by atoms with Crippen molar-refractivity contribution in [3.8, 4) is 0 Å². The van der Waals surface area contributed by atoms with Gasteiger partial charge in [-0.25, -0.2) is 9.97 Å². The second-order valence-corrected chi connectivity index (χ2v) is 7.37. The second kappa shape index (κ2) is 7.32. The van der Waals surface area contributed by atoms with Gasteiger partial charge in [-0.2, -0.15) is 13.2 Å². The van der Waals surface area contributed by atoms with E-state index in [1.807, 2.05) is 19.0 Å². The third kappa shape index (κ3) is 4.04. The number of thiophene rings is 1. The molecular weight excluding hydrogens is 395 g/mol. The third-order valence-electron chi connectivity index (χ3n) is 3.85. The van der Waals surface area contributed by atoms with Crippen molar-refractivity contribution in [2.24, 2.45) is 0 Å². The van der Waals surface area contributed by atoms with Gasteiger partial charge < -0.3 is 15.2 Å². The van der Waals surface area contributed by atoms with Crippen LogP contribution in [0.1, 0.15) is 26.6 Å². The van der Waals surface area contributed by atoms with E-state index in [4.69, 9.17) is 0 Å². The summed E-state index contributed by atoms with van der Waals surface area (Å²) >= 11 is 1.04. The number of fused-ring (bicyclic) bond motifs is 1. The van der Waals surface area contributed by atoms with Gasteiger partial charge in [0.05, 0.1) is 22.4 Å². The molecule has 0 fully saturated rings. The largest absolute Gasteiger partial charge is 0.417 e. The van der Waals surface area contributed by atoms with E-state index in [9.17, 15) is 22.8 Å². The summed E-state index contributed by atoms with van der Waals surface area (Å²) in [6.07, 6.45) is -3.86. The highest BCUT2D eigenvalue weighted by Gasteiger charge is 2.30. The molecule has 0 saturated carbocycles. The van der Waals surface area contributed by atoms with Crippen LogP contribution < -0.4 is 10.9 Å². The molecule has 3 aromatic heterocycles. The summed E-state index contributed by atoms with van der Waals surface area (Å²) in [5, 5.41) is 2.77. The lowest BCUT2D eigenvalue weighted by Crippen LogP contribution is -2.18. The number of hydrogen-bond acceptors (Lipinski definition) is 6. The standard InChI is InChI=1S/C17H16F3N5O2S/c1-8-12-14(26)23-11(7-25(2)3)24-16(12)28-13(8)15(27)22-10-5-4-9(6-21-10)17(18,19)20/h4-6H,7H2,1-3H3,(H,21,22,27)(H,23,24,26). The molecule has 1 amide bonds. The molecule has 0 atom stereocenters. The van der Waals surface area contributed by atoms with Crippen molar-refractivity contribution in [3.63, 3.8) is 0 Å². The van der Waals surface area contributed by atoms with E-state index in [1.165, 1.54) is 0 Å². The van der Waals surface area contributed by atoms with Gasteiger partial charge in [0, 0.05) is 6.20 Å². The predicted octanol–water partition coefficient (Wildman–Crippen LogP) is 3.02. The Morgan fingerprint density at radius 2 is 2.04 bits per heavy atom. The van der Waals surface area contributed by atoms with E-state index < -0.39 is 17.6 Å². The summed E-state index contributed by atoms with van der Waals surface area (Å²) < 4.78 is 37.8. The summed E-state index contributed by atoms with van der Waals surface area (Å²) in [4.78, 5) is 38.1. The molecule has 0 saturated heterocycles. The number of aromatic nitrogens is 3. The van der Waals surface area contributed by atoms with Crippen LogP contribution >= 0.6 is 11.3 Å². The molecule has 0 aliphatic carbocycles. The van der Waals surface area contributed by atoms with Crippen molar-refractivity contribution in [1.82, 2.24) is 19.9 Å². The lowest BCUT2D eigenvalue weighted by Gasteiger charge is -2.07.